The van der Waals surface area contributed by atoms with Gasteiger partial charge in [0.1, 0.15) is 11.6 Å². The first-order valence-electron chi connectivity index (χ1n) is 8.24. The van der Waals surface area contributed by atoms with Crippen LogP contribution >= 0.6 is 23.4 Å². The van der Waals surface area contributed by atoms with Crippen LogP contribution < -0.4 is 0 Å². The van der Waals surface area contributed by atoms with Crippen LogP contribution in [0.25, 0.3) is 0 Å². The van der Waals surface area contributed by atoms with Crippen LogP contribution in [-0.2, 0) is 25.9 Å². The highest BCUT2D eigenvalue weighted by Gasteiger charge is 2.13. The summed E-state index contributed by atoms with van der Waals surface area (Å²) in [7, 11) is 3.97. The van der Waals surface area contributed by atoms with Gasteiger partial charge in [-0.25, -0.2) is 0 Å². The average Bonchev–Trinajstić information content (AvgIpc) is 2.96. The van der Waals surface area contributed by atoms with E-state index >= 15 is 0 Å². The number of hydrogen-bond acceptors (Lipinski definition) is 5. The molecule has 0 saturated carbocycles. The molecular formula is C19H21ClN4OS. The summed E-state index contributed by atoms with van der Waals surface area (Å²) in [4.78, 5) is 2.10. The molecule has 5 nitrogen and oxygen atoms in total. The van der Waals surface area contributed by atoms with E-state index in [-0.39, 0.29) is 0 Å². The number of nitrogens with zero attached hydrogens (tertiary/aromatic N) is 4. The summed E-state index contributed by atoms with van der Waals surface area (Å²) in [6, 6.07) is 15.2. The van der Waals surface area contributed by atoms with Gasteiger partial charge in [0.05, 0.1) is 6.54 Å². The van der Waals surface area contributed by atoms with E-state index in [2.05, 4.69) is 15.1 Å². The molecular weight excluding hydrogens is 368 g/mol. The van der Waals surface area contributed by atoms with Gasteiger partial charge in [-0.15, -0.1) is 10.2 Å². The molecule has 1 aromatic heterocycles. The summed E-state index contributed by atoms with van der Waals surface area (Å²) in [6.07, 6.45) is 0. The third-order valence-electron chi connectivity index (χ3n) is 4.08. The molecule has 0 amide bonds. The zero-order chi connectivity index (χ0) is 18.5. The zero-order valence-corrected chi connectivity index (χ0v) is 16.3. The molecule has 7 heteroatoms. The molecule has 0 bridgehead atoms. The Bertz CT molecular complexity index is 883. The number of phenolic OH excluding ortho intramolecular Hbond substituents is 1. The molecule has 0 radical (unpaired) electrons. The molecule has 0 atom stereocenters. The zero-order valence-electron chi connectivity index (χ0n) is 14.8. The van der Waals surface area contributed by atoms with Crippen LogP contribution in [0.5, 0.6) is 5.75 Å². The molecule has 1 heterocycles. The summed E-state index contributed by atoms with van der Waals surface area (Å²) in [6.45, 7) is 1.28. The molecule has 1 N–H and O–H groups in total. The Kier molecular flexibility index (Phi) is 6.19. The molecule has 2 aromatic carbocycles. The van der Waals surface area contributed by atoms with Gasteiger partial charge in [0, 0.05) is 29.9 Å². The second kappa shape index (κ2) is 8.58. The van der Waals surface area contributed by atoms with Crippen molar-refractivity contribution in [3.05, 3.63) is 70.5 Å². The number of aromatic nitrogens is 3. The van der Waals surface area contributed by atoms with Crippen molar-refractivity contribution < 1.29 is 5.11 Å². The quantitative estimate of drug-likeness (QED) is 0.617. The van der Waals surface area contributed by atoms with Gasteiger partial charge in [0.2, 0.25) is 0 Å². The van der Waals surface area contributed by atoms with Crippen molar-refractivity contribution in [1.29, 1.82) is 0 Å². The van der Waals surface area contributed by atoms with Gasteiger partial charge < -0.3 is 9.67 Å². The maximum Gasteiger partial charge on any atom is 0.191 e. The fraction of sp³-hybridized carbons (Fsp3) is 0.263. The topological polar surface area (TPSA) is 54.2 Å². The highest BCUT2D eigenvalue weighted by molar-refractivity contribution is 7.98. The summed E-state index contributed by atoms with van der Waals surface area (Å²) in [5.74, 6) is 1.94. The lowest BCUT2D eigenvalue weighted by Gasteiger charge is -2.16. The van der Waals surface area contributed by atoms with E-state index in [9.17, 15) is 5.11 Å². The number of para-hydroxylation sites is 1. The number of phenols is 1. The molecule has 0 unspecified atom stereocenters. The van der Waals surface area contributed by atoms with Gasteiger partial charge in [-0.2, -0.15) is 0 Å². The van der Waals surface area contributed by atoms with Crippen molar-refractivity contribution in [3.8, 4) is 5.75 Å². The standard InChI is InChI=1S/C19H21ClN4OS/c1-23(11-14-7-4-6-10-17(14)25)12-18-21-22-19(24(18)2)26-13-15-8-3-5-9-16(15)20/h3-10,25H,11-13H2,1-2H3. The van der Waals surface area contributed by atoms with Crippen molar-refractivity contribution in [1.82, 2.24) is 19.7 Å². The van der Waals surface area contributed by atoms with Gasteiger partial charge in [-0.1, -0.05) is 59.8 Å². The fourth-order valence-electron chi connectivity index (χ4n) is 2.60. The van der Waals surface area contributed by atoms with Gasteiger partial charge in [-0.3, -0.25) is 4.90 Å². The van der Waals surface area contributed by atoms with Crippen LogP contribution in [0.3, 0.4) is 0 Å². The molecule has 0 saturated heterocycles. The van der Waals surface area contributed by atoms with Crippen molar-refractivity contribution in [3.63, 3.8) is 0 Å². The number of rotatable bonds is 7. The fourth-order valence-corrected chi connectivity index (χ4v) is 3.81. The monoisotopic (exact) mass is 388 g/mol. The normalized spacial score (nSPS) is 11.2. The largest absolute Gasteiger partial charge is 0.508 e. The van der Waals surface area contributed by atoms with Crippen molar-refractivity contribution in [2.45, 2.75) is 24.0 Å². The number of halogens is 1. The Balaban J connectivity index is 1.61. The van der Waals surface area contributed by atoms with Gasteiger partial charge in [0.15, 0.2) is 5.16 Å². The molecule has 136 valence electrons. The van der Waals surface area contributed by atoms with E-state index in [0.717, 1.165) is 32.9 Å². The number of aromatic hydroxyl groups is 1. The van der Waals surface area contributed by atoms with Crippen LogP contribution in [0, 0.1) is 0 Å². The van der Waals surface area contributed by atoms with Gasteiger partial charge >= 0.3 is 0 Å². The molecule has 3 aromatic rings. The average molecular weight is 389 g/mol. The minimum Gasteiger partial charge on any atom is -0.508 e. The van der Waals surface area contributed by atoms with Crippen molar-refractivity contribution in [2.24, 2.45) is 7.05 Å². The second-order valence-corrected chi connectivity index (χ2v) is 7.49. The Morgan fingerprint density at radius 3 is 2.46 bits per heavy atom. The summed E-state index contributed by atoms with van der Waals surface area (Å²) < 4.78 is 2.00. The van der Waals surface area contributed by atoms with Crippen LogP contribution in [0.15, 0.2) is 53.7 Å². The minimum absolute atomic E-state index is 0.313. The van der Waals surface area contributed by atoms with Gasteiger partial charge in [-0.05, 0) is 24.7 Å². The van der Waals surface area contributed by atoms with E-state index in [1.165, 1.54) is 0 Å². The number of hydrogen-bond donors (Lipinski definition) is 1. The summed E-state index contributed by atoms with van der Waals surface area (Å²) >= 11 is 7.83. The first kappa shape index (κ1) is 18.8. The number of benzene rings is 2. The molecule has 0 aliphatic carbocycles. The molecule has 26 heavy (non-hydrogen) atoms. The predicted molar refractivity (Wildman–Crippen MR) is 105 cm³/mol. The highest BCUT2D eigenvalue weighted by Crippen LogP contribution is 2.26. The van der Waals surface area contributed by atoms with Crippen LogP contribution in [-0.4, -0.2) is 31.8 Å². The molecule has 3 rings (SSSR count). The van der Waals surface area contributed by atoms with Crippen LogP contribution in [0.4, 0.5) is 0 Å². The van der Waals surface area contributed by atoms with E-state index < -0.39 is 0 Å². The van der Waals surface area contributed by atoms with Gasteiger partial charge in [0.25, 0.3) is 0 Å². The van der Waals surface area contributed by atoms with Crippen molar-refractivity contribution >= 4 is 23.4 Å². The lowest BCUT2D eigenvalue weighted by Crippen LogP contribution is -2.19. The molecule has 0 fully saturated rings. The molecule has 0 aliphatic rings. The van der Waals surface area contributed by atoms with E-state index in [1.54, 1.807) is 17.8 Å². The third kappa shape index (κ3) is 4.58. The molecule has 0 spiro atoms. The second-order valence-electron chi connectivity index (χ2n) is 6.14. The molecule has 0 aliphatic heterocycles. The minimum atomic E-state index is 0.313. The Morgan fingerprint density at radius 1 is 1.04 bits per heavy atom. The third-order valence-corrected chi connectivity index (χ3v) is 5.52. The smallest absolute Gasteiger partial charge is 0.191 e. The highest BCUT2D eigenvalue weighted by atomic mass is 35.5. The van der Waals surface area contributed by atoms with Crippen LogP contribution in [0.2, 0.25) is 5.02 Å². The first-order valence-corrected chi connectivity index (χ1v) is 9.61. The summed E-state index contributed by atoms with van der Waals surface area (Å²) in [5, 5.41) is 20.1. The maximum atomic E-state index is 9.91. The predicted octanol–water partition coefficient (Wildman–Crippen LogP) is 4.10. The Labute approximate surface area is 162 Å². The Hall–Kier alpha value is -2.02. The maximum absolute atomic E-state index is 9.91. The van der Waals surface area contributed by atoms with Crippen molar-refractivity contribution in [2.75, 3.05) is 7.05 Å². The lowest BCUT2D eigenvalue weighted by atomic mass is 10.2. The Morgan fingerprint density at radius 2 is 1.73 bits per heavy atom. The first-order chi connectivity index (χ1) is 12.5. The van der Waals surface area contributed by atoms with Crippen LogP contribution in [0.1, 0.15) is 17.0 Å². The lowest BCUT2D eigenvalue weighted by molar-refractivity contribution is 0.300. The van der Waals surface area contributed by atoms with E-state index in [1.807, 2.05) is 61.1 Å². The summed E-state index contributed by atoms with van der Waals surface area (Å²) in [5.41, 5.74) is 1.98. The SMILES string of the molecule is CN(Cc1ccccc1O)Cc1nnc(SCc2ccccc2Cl)n1C. The number of thioether (sulfide) groups is 1. The van der Waals surface area contributed by atoms with E-state index in [4.69, 9.17) is 11.6 Å². The van der Waals surface area contributed by atoms with E-state index in [0.29, 0.717) is 18.8 Å².